The highest BCUT2D eigenvalue weighted by atomic mass is 79.9. The summed E-state index contributed by atoms with van der Waals surface area (Å²) in [6.45, 7) is 5.27. The predicted octanol–water partition coefficient (Wildman–Crippen LogP) is 3.99. The van der Waals surface area contributed by atoms with E-state index in [0.29, 0.717) is 0 Å². The van der Waals surface area contributed by atoms with Crippen LogP contribution in [-0.2, 0) is 4.74 Å². The molecule has 0 bridgehead atoms. The Kier molecular flexibility index (Phi) is 6.09. The van der Waals surface area contributed by atoms with Gasteiger partial charge in [-0.3, -0.25) is 0 Å². The molecule has 2 unspecified atom stereocenters. The van der Waals surface area contributed by atoms with E-state index in [2.05, 4.69) is 27.8 Å². The van der Waals surface area contributed by atoms with E-state index in [1.165, 1.54) is 6.42 Å². The van der Waals surface area contributed by atoms with Gasteiger partial charge in [-0.15, -0.1) is 0 Å². The molecule has 0 spiro atoms. The summed E-state index contributed by atoms with van der Waals surface area (Å²) < 4.78 is 6.62. The third-order valence-electron chi connectivity index (χ3n) is 4.35. The van der Waals surface area contributed by atoms with E-state index in [1.807, 2.05) is 18.2 Å². The van der Waals surface area contributed by atoms with Gasteiger partial charge in [-0.05, 0) is 50.4 Å². The lowest BCUT2D eigenvalue weighted by Crippen LogP contribution is -2.47. The Hall–Kier alpha value is -0.130. The molecule has 1 aromatic rings. The molecule has 21 heavy (non-hydrogen) atoms. The fourth-order valence-electron chi connectivity index (χ4n) is 2.94. The summed E-state index contributed by atoms with van der Waals surface area (Å²) in [5.74, 6) is 0. The maximum atomic E-state index is 6.31. The van der Waals surface area contributed by atoms with Crippen LogP contribution in [0.3, 0.4) is 0 Å². The van der Waals surface area contributed by atoms with Gasteiger partial charge in [0, 0.05) is 35.7 Å². The quantitative estimate of drug-likeness (QED) is 0.845. The molecule has 0 aromatic heterocycles. The van der Waals surface area contributed by atoms with Crippen molar-refractivity contribution in [1.29, 1.82) is 0 Å². The molecule has 1 fully saturated rings. The molecule has 5 heteroatoms. The van der Waals surface area contributed by atoms with Crippen molar-refractivity contribution in [2.75, 3.05) is 26.7 Å². The van der Waals surface area contributed by atoms with Crippen LogP contribution in [0.4, 0.5) is 0 Å². The second-order valence-electron chi connectivity index (χ2n) is 6.09. The highest BCUT2D eigenvalue weighted by Gasteiger charge is 2.30. The summed E-state index contributed by atoms with van der Waals surface area (Å²) in [5, 5.41) is 0.734. The average molecular weight is 376 g/mol. The minimum absolute atomic E-state index is 0.0163. The summed E-state index contributed by atoms with van der Waals surface area (Å²) in [6.07, 6.45) is 3.21. The van der Waals surface area contributed by atoms with Crippen LogP contribution in [0, 0.1) is 0 Å². The molecule has 1 heterocycles. The lowest BCUT2D eigenvalue weighted by Gasteiger charge is -2.39. The maximum Gasteiger partial charge on any atom is 0.0777 e. The first-order valence-corrected chi connectivity index (χ1v) is 8.59. The van der Waals surface area contributed by atoms with Crippen molar-refractivity contribution in [3.8, 4) is 0 Å². The van der Waals surface area contributed by atoms with Crippen LogP contribution in [0.25, 0.3) is 0 Å². The molecule has 1 aliphatic rings. The Morgan fingerprint density at radius 1 is 1.52 bits per heavy atom. The molecule has 2 atom stereocenters. The molecule has 3 nitrogen and oxygen atoms in total. The number of nitrogens with zero attached hydrogens (tertiary/aromatic N) is 1. The van der Waals surface area contributed by atoms with Gasteiger partial charge in [-0.1, -0.05) is 33.6 Å². The number of hydrogen-bond acceptors (Lipinski definition) is 3. The molecule has 1 saturated heterocycles. The largest absolute Gasteiger partial charge is 0.377 e. The topological polar surface area (TPSA) is 38.5 Å². The Balaban J connectivity index is 1.90. The number of halogens is 2. The lowest BCUT2D eigenvalue weighted by atomic mass is 9.94. The minimum Gasteiger partial charge on any atom is -0.377 e. The van der Waals surface area contributed by atoms with E-state index in [4.69, 9.17) is 22.1 Å². The number of nitrogens with two attached hydrogens (primary N) is 1. The number of piperidine rings is 1. The molecule has 0 amide bonds. The first-order valence-electron chi connectivity index (χ1n) is 7.41. The molecule has 2 rings (SSSR count). The van der Waals surface area contributed by atoms with Gasteiger partial charge in [-0.25, -0.2) is 0 Å². The first kappa shape index (κ1) is 17.2. The highest BCUT2D eigenvalue weighted by Crippen LogP contribution is 2.28. The summed E-state index contributed by atoms with van der Waals surface area (Å²) >= 11 is 9.69. The van der Waals surface area contributed by atoms with Gasteiger partial charge in [0.1, 0.15) is 0 Å². The Labute approximate surface area is 140 Å². The number of methoxy groups -OCH3 is 1. The van der Waals surface area contributed by atoms with Crippen LogP contribution in [0.15, 0.2) is 22.7 Å². The van der Waals surface area contributed by atoms with Crippen molar-refractivity contribution < 1.29 is 4.74 Å². The summed E-state index contributed by atoms with van der Waals surface area (Å²) in [6, 6.07) is 5.87. The van der Waals surface area contributed by atoms with Gasteiger partial charge in [0.15, 0.2) is 0 Å². The smallest absolute Gasteiger partial charge is 0.0777 e. The molecular formula is C16H24BrClN2O. The predicted molar refractivity (Wildman–Crippen MR) is 91.8 cm³/mol. The van der Waals surface area contributed by atoms with Crippen molar-refractivity contribution in [1.82, 2.24) is 4.90 Å². The highest BCUT2D eigenvalue weighted by molar-refractivity contribution is 9.10. The van der Waals surface area contributed by atoms with Crippen molar-refractivity contribution in [2.45, 2.75) is 37.8 Å². The van der Waals surface area contributed by atoms with Crippen molar-refractivity contribution in [2.24, 2.45) is 5.73 Å². The zero-order valence-corrected chi connectivity index (χ0v) is 15.1. The number of benzene rings is 1. The van der Waals surface area contributed by atoms with E-state index in [0.717, 1.165) is 47.5 Å². The van der Waals surface area contributed by atoms with E-state index < -0.39 is 0 Å². The molecule has 0 saturated carbocycles. The molecule has 1 aromatic carbocycles. The summed E-state index contributed by atoms with van der Waals surface area (Å²) in [5.41, 5.74) is 7.31. The normalized spacial score (nSPS) is 25.0. The number of likely N-dealkylation sites (tertiary alicyclic amines) is 1. The second-order valence-corrected chi connectivity index (χ2v) is 7.42. The fraction of sp³-hybridized carbons (Fsp3) is 0.625. The van der Waals surface area contributed by atoms with Crippen LogP contribution in [-0.4, -0.2) is 37.2 Å². The standard InChI is InChI=1S/C16H24BrClN2O/c1-16(21-2)7-3-8-20(11-16)9-6-15(19)13-5-4-12(17)10-14(13)18/h4-5,10,15H,3,6-9,11,19H2,1-2H3. The number of ether oxygens (including phenoxy) is 1. The van der Waals surface area contributed by atoms with Gasteiger partial charge in [-0.2, -0.15) is 0 Å². The van der Waals surface area contributed by atoms with Crippen LogP contribution in [0.5, 0.6) is 0 Å². The van der Waals surface area contributed by atoms with Gasteiger partial charge in [0.2, 0.25) is 0 Å². The van der Waals surface area contributed by atoms with E-state index in [1.54, 1.807) is 7.11 Å². The van der Waals surface area contributed by atoms with Crippen molar-refractivity contribution in [3.05, 3.63) is 33.3 Å². The third-order valence-corrected chi connectivity index (χ3v) is 5.17. The first-order chi connectivity index (χ1) is 9.93. The van der Waals surface area contributed by atoms with Gasteiger partial charge < -0.3 is 15.4 Å². The van der Waals surface area contributed by atoms with Gasteiger partial charge in [0.25, 0.3) is 0 Å². The molecule has 0 radical (unpaired) electrons. The summed E-state index contributed by atoms with van der Waals surface area (Å²) in [4.78, 5) is 2.44. The van der Waals surface area contributed by atoms with E-state index >= 15 is 0 Å². The van der Waals surface area contributed by atoms with Crippen molar-refractivity contribution >= 4 is 27.5 Å². The molecule has 2 N–H and O–H groups in total. The third kappa shape index (κ3) is 4.67. The number of hydrogen-bond donors (Lipinski definition) is 1. The lowest BCUT2D eigenvalue weighted by molar-refractivity contribution is -0.0510. The minimum atomic E-state index is -0.0265. The molecular weight excluding hydrogens is 352 g/mol. The van der Waals surface area contributed by atoms with Crippen molar-refractivity contribution in [3.63, 3.8) is 0 Å². The van der Waals surface area contributed by atoms with E-state index in [-0.39, 0.29) is 11.6 Å². The van der Waals surface area contributed by atoms with Crippen LogP contribution < -0.4 is 5.73 Å². The zero-order chi connectivity index (χ0) is 15.5. The Bertz CT molecular complexity index is 485. The maximum absolute atomic E-state index is 6.31. The van der Waals surface area contributed by atoms with Gasteiger partial charge in [0.05, 0.1) is 5.60 Å². The number of rotatable bonds is 5. The zero-order valence-electron chi connectivity index (χ0n) is 12.7. The SMILES string of the molecule is COC1(C)CCCN(CCC(N)c2ccc(Br)cc2Cl)C1. The average Bonchev–Trinajstić information content (AvgIpc) is 2.45. The fourth-order valence-corrected chi connectivity index (χ4v) is 3.76. The Morgan fingerprint density at radius 3 is 2.95 bits per heavy atom. The molecule has 0 aliphatic carbocycles. The Morgan fingerprint density at radius 2 is 2.29 bits per heavy atom. The van der Waals surface area contributed by atoms with Gasteiger partial charge >= 0.3 is 0 Å². The monoisotopic (exact) mass is 374 g/mol. The van der Waals surface area contributed by atoms with Crippen LogP contribution >= 0.6 is 27.5 Å². The molecule has 118 valence electrons. The molecule has 1 aliphatic heterocycles. The van der Waals surface area contributed by atoms with E-state index in [9.17, 15) is 0 Å². The van der Waals surface area contributed by atoms with Crippen LogP contribution in [0.1, 0.15) is 37.8 Å². The van der Waals surface area contributed by atoms with Crippen LogP contribution in [0.2, 0.25) is 5.02 Å². The second kappa shape index (κ2) is 7.42. The summed E-state index contributed by atoms with van der Waals surface area (Å²) in [7, 11) is 1.80.